The van der Waals surface area contributed by atoms with Gasteiger partial charge >= 0.3 is 0 Å². The SMILES string of the molecule is COc1cc(CN2CC(C)NC(C)C2)ccc1C.Cl. The summed E-state index contributed by atoms with van der Waals surface area (Å²) in [6, 6.07) is 7.65. The number of halogens is 1. The minimum absolute atomic E-state index is 0. The van der Waals surface area contributed by atoms with E-state index in [9.17, 15) is 0 Å². The molecule has 1 aliphatic rings. The molecule has 2 atom stereocenters. The fourth-order valence-electron chi connectivity index (χ4n) is 2.79. The molecule has 1 N–H and O–H groups in total. The molecule has 108 valence electrons. The lowest BCUT2D eigenvalue weighted by molar-refractivity contribution is 0.166. The molecular weight excluding hydrogens is 260 g/mol. The van der Waals surface area contributed by atoms with E-state index < -0.39 is 0 Å². The van der Waals surface area contributed by atoms with Crippen molar-refractivity contribution in [3.05, 3.63) is 29.3 Å². The van der Waals surface area contributed by atoms with Crippen molar-refractivity contribution in [2.45, 2.75) is 39.4 Å². The molecular formula is C15H25ClN2O. The summed E-state index contributed by atoms with van der Waals surface area (Å²) in [6.07, 6.45) is 0. The fourth-order valence-corrected chi connectivity index (χ4v) is 2.79. The third kappa shape index (κ3) is 4.37. The topological polar surface area (TPSA) is 24.5 Å². The van der Waals surface area contributed by atoms with Gasteiger partial charge in [0.1, 0.15) is 5.75 Å². The van der Waals surface area contributed by atoms with Crippen LogP contribution in [0.5, 0.6) is 5.75 Å². The van der Waals surface area contributed by atoms with Crippen LogP contribution in [-0.2, 0) is 6.54 Å². The van der Waals surface area contributed by atoms with Gasteiger partial charge in [-0.05, 0) is 38.0 Å². The largest absolute Gasteiger partial charge is 0.496 e. The molecule has 0 spiro atoms. The second-order valence-corrected chi connectivity index (χ2v) is 5.47. The van der Waals surface area contributed by atoms with Gasteiger partial charge in [-0.15, -0.1) is 12.4 Å². The molecule has 0 aliphatic carbocycles. The monoisotopic (exact) mass is 284 g/mol. The van der Waals surface area contributed by atoms with Crippen LogP contribution < -0.4 is 10.1 Å². The summed E-state index contributed by atoms with van der Waals surface area (Å²) in [7, 11) is 1.74. The number of nitrogens with one attached hydrogen (secondary N) is 1. The highest BCUT2D eigenvalue weighted by Gasteiger charge is 2.20. The zero-order chi connectivity index (χ0) is 13.1. The number of rotatable bonds is 3. The number of methoxy groups -OCH3 is 1. The van der Waals surface area contributed by atoms with E-state index in [0.29, 0.717) is 12.1 Å². The Morgan fingerprint density at radius 2 is 1.89 bits per heavy atom. The molecule has 0 aromatic heterocycles. The summed E-state index contributed by atoms with van der Waals surface area (Å²) in [5.41, 5.74) is 2.53. The second-order valence-electron chi connectivity index (χ2n) is 5.47. The minimum Gasteiger partial charge on any atom is -0.496 e. The summed E-state index contributed by atoms with van der Waals surface area (Å²) in [5.74, 6) is 0.990. The van der Waals surface area contributed by atoms with Gasteiger partial charge in [0.2, 0.25) is 0 Å². The van der Waals surface area contributed by atoms with Crippen LogP contribution in [0.1, 0.15) is 25.0 Å². The summed E-state index contributed by atoms with van der Waals surface area (Å²) in [4.78, 5) is 2.51. The van der Waals surface area contributed by atoms with Crippen molar-refractivity contribution in [3.63, 3.8) is 0 Å². The van der Waals surface area contributed by atoms with E-state index in [2.05, 4.69) is 49.2 Å². The summed E-state index contributed by atoms with van der Waals surface area (Å²) in [5, 5.41) is 3.56. The first-order valence-corrected chi connectivity index (χ1v) is 6.70. The fraction of sp³-hybridized carbons (Fsp3) is 0.600. The predicted molar refractivity (Wildman–Crippen MR) is 82.3 cm³/mol. The molecule has 1 aromatic carbocycles. The Labute approximate surface area is 122 Å². The number of hydrogen-bond acceptors (Lipinski definition) is 3. The smallest absolute Gasteiger partial charge is 0.122 e. The average molecular weight is 285 g/mol. The van der Waals surface area contributed by atoms with Crippen molar-refractivity contribution in [2.75, 3.05) is 20.2 Å². The van der Waals surface area contributed by atoms with Gasteiger partial charge in [0.05, 0.1) is 7.11 Å². The first-order valence-electron chi connectivity index (χ1n) is 6.70. The normalized spacial score (nSPS) is 23.8. The molecule has 1 aromatic rings. The Morgan fingerprint density at radius 3 is 2.47 bits per heavy atom. The average Bonchev–Trinajstić information content (AvgIpc) is 2.30. The first kappa shape index (κ1) is 16.3. The maximum Gasteiger partial charge on any atom is 0.122 e. The number of nitrogens with zero attached hydrogens (tertiary/aromatic N) is 1. The number of piperazine rings is 1. The van der Waals surface area contributed by atoms with Gasteiger partial charge in [-0.25, -0.2) is 0 Å². The van der Waals surface area contributed by atoms with Crippen LogP contribution in [0.3, 0.4) is 0 Å². The molecule has 0 bridgehead atoms. The molecule has 1 heterocycles. The summed E-state index contributed by atoms with van der Waals surface area (Å²) >= 11 is 0. The Balaban J connectivity index is 0.00000180. The molecule has 2 rings (SSSR count). The van der Waals surface area contributed by atoms with Crippen LogP contribution in [0.15, 0.2) is 18.2 Å². The quantitative estimate of drug-likeness (QED) is 0.923. The van der Waals surface area contributed by atoms with Crippen LogP contribution in [0, 0.1) is 6.92 Å². The first-order chi connectivity index (χ1) is 8.58. The van der Waals surface area contributed by atoms with Crippen molar-refractivity contribution in [2.24, 2.45) is 0 Å². The highest BCUT2D eigenvalue weighted by Crippen LogP contribution is 2.20. The van der Waals surface area contributed by atoms with Crippen LogP contribution >= 0.6 is 12.4 Å². The van der Waals surface area contributed by atoms with Crippen LogP contribution in [-0.4, -0.2) is 37.2 Å². The zero-order valence-electron chi connectivity index (χ0n) is 12.3. The van der Waals surface area contributed by atoms with E-state index in [0.717, 1.165) is 25.4 Å². The van der Waals surface area contributed by atoms with Crippen molar-refractivity contribution in [1.29, 1.82) is 0 Å². The molecule has 4 heteroatoms. The highest BCUT2D eigenvalue weighted by atomic mass is 35.5. The molecule has 1 aliphatic heterocycles. The molecule has 3 nitrogen and oxygen atoms in total. The third-order valence-electron chi connectivity index (χ3n) is 3.51. The van der Waals surface area contributed by atoms with Gasteiger partial charge in [0, 0.05) is 31.7 Å². The Morgan fingerprint density at radius 1 is 1.26 bits per heavy atom. The minimum atomic E-state index is 0. The van der Waals surface area contributed by atoms with Crippen molar-refractivity contribution in [3.8, 4) is 5.75 Å². The van der Waals surface area contributed by atoms with E-state index in [1.54, 1.807) is 7.11 Å². The number of hydrogen-bond donors (Lipinski definition) is 1. The van der Waals surface area contributed by atoms with E-state index in [1.165, 1.54) is 11.1 Å². The van der Waals surface area contributed by atoms with Crippen LogP contribution in [0.4, 0.5) is 0 Å². The number of aryl methyl sites for hydroxylation is 1. The van der Waals surface area contributed by atoms with Gasteiger partial charge in [0.15, 0.2) is 0 Å². The maximum absolute atomic E-state index is 5.39. The van der Waals surface area contributed by atoms with Gasteiger partial charge in [0.25, 0.3) is 0 Å². The zero-order valence-corrected chi connectivity index (χ0v) is 13.1. The summed E-state index contributed by atoms with van der Waals surface area (Å²) < 4.78 is 5.39. The lowest BCUT2D eigenvalue weighted by Gasteiger charge is -2.36. The Kier molecular flexibility index (Phi) is 6.11. The van der Waals surface area contributed by atoms with E-state index in [4.69, 9.17) is 4.74 Å². The van der Waals surface area contributed by atoms with Gasteiger partial charge < -0.3 is 10.1 Å². The van der Waals surface area contributed by atoms with E-state index in [1.807, 2.05) is 0 Å². The molecule has 1 fully saturated rings. The maximum atomic E-state index is 5.39. The molecule has 19 heavy (non-hydrogen) atoms. The lowest BCUT2D eigenvalue weighted by atomic mass is 10.1. The number of ether oxygens (including phenoxy) is 1. The molecule has 0 radical (unpaired) electrons. The molecule has 1 saturated heterocycles. The van der Waals surface area contributed by atoms with Crippen LogP contribution in [0.2, 0.25) is 0 Å². The molecule has 0 amide bonds. The lowest BCUT2D eigenvalue weighted by Crippen LogP contribution is -2.53. The van der Waals surface area contributed by atoms with Gasteiger partial charge in [-0.1, -0.05) is 12.1 Å². The van der Waals surface area contributed by atoms with Gasteiger partial charge in [-0.3, -0.25) is 4.90 Å². The Bertz CT molecular complexity index is 401. The highest BCUT2D eigenvalue weighted by molar-refractivity contribution is 5.85. The molecule has 2 unspecified atom stereocenters. The second kappa shape index (κ2) is 7.13. The molecule has 0 saturated carbocycles. The Hall–Kier alpha value is -0.770. The summed E-state index contributed by atoms with van der Waals surface area (Å²) in [6.45, 7) is 9.81. The van der Waals surface area contributed by atoms with E-state index >= 15 is 0 Å². The van der Waals surface area contributed by atoms with Gasteiger partial charge in [-0.2, -0.15) is 0 Å². The van der Waals surface area contributed by atoms with E-state index in [-0.39, 0.29) is 12.4 Å². The van der Waals surface area contributed by atoms with Crippen molar-refractivity contribution >= 4 is 12.4 Å². The van der Waals surface area contributed by atoms with Crippen LogP contribution in [0.25, 0.3) is 0 Å². The third-order valence-corrected chi connectivity index (χ3v) is 3.51. The van der Waals surface area contributed by atoms with Crippen molar-refractivity contribution < 1.29 is 4.74 Å². The number of benzene rings is 1. The predicted octanol–water partition coefficient (Wildman–Crippen LogP) is 2.61. The standard InChI is InChI=1S/C15H24N2O.ClH/c1-11-5-6-14(7-15(11)18-4)10-17-8-12(2)16-13(3)9-17;/h5-7,12-13,16H,8-10H2,1-4H3;1H. The van der Waals surface area contributed by atoms with Crippen molar-refractivity contribution in [1.82, 2.24) is 10.2 Å².